The Labute approximate surface area is 127 Å². The highest BCUT2D eigenvalue weighted by molar-refractivity contribution is 6.53. The maximum atomic E-state index is 12.0. The van der Waals surface area contributed by atoms with Gasteiger partial charge in [0.25, 0.3) is 5.91 Å². The van der Waals surface area contributed by atoms with E-state index in [-0.39, 0.29) is 11.8 Å². The number of alkyl halides is 2. The van der Waals surface area contributed by atoms with Crippen LogP contribution in [0.2, 0.25) is 0 Å². The van der Waals surface area contributed by atoms with E-state index in [1.807, 2.05) is 6.07 Å². The Hall–Kier alpha value is -1.26. The minimum atomic E-state index is -0.971. The SMILES string of the molecule is CNC(=O)c1cccc(CNC(=O)C2(C)CC2(Cl)Cl)c1. The Bertz CT molecular complexity index is 560. The Balaban J connectivity index is 1.98. The van der Waals surface area contributed by atoms with E-state index in [2.05, 4.69) is 10.6 Å². The second-order valence-electron chi connectivity index (χ2n) is 5.18. The molecule has 0 aliphatic heterocycles. The van der Waals surface area contributed by atoms with E-state index in [9.17, 15) is 9.59 Å². The number of carbonyl (C=O) groups excluding carboxylic acids is 2. The van der Waals surface area contributed by atoms with Crippen molar-refractivity contribution in [2.75, 3.05) is 7.05 Å². The van der Waals surface area contributed by atoms with Crippen molar-refractivity contribution in [3.8, 4) is 0 Å². The molecule has 1 unspecified atom stereocenters. The summed E-state index contributed by atoms with van der Waals surface area (Å²) in [5.41, 5.74) is 0.675. The summed E-state index contributed by atoms with van der Waals surface area (Å²) < 4.78 is -0.971. The van der Waals surface area contributed by atoms with Gasteiger partial charge in [-0.1, -0.05) is 12.1 Å². The van der Waals surface area contributed by atoms with Crippen LogP contribution in [0.15, 0.2) is 24.3 Å². The van der Waals surface area contributed by atoms with Gasteiger partial charge in [-0.3, -0.25) is 9.59 Å². The van der Waals surface area contributed by atoms with Gasteiger partial charge in [0.05, 0.1) is 5.41 Å². The van der Waals surface area contributed by atoms with Crippen LogP contribution in [0.25, 0.3) is 0 Å². The third-order valence-electron chi connectivity index (χ3n) is 3.63. The van der Waals surface area contributed by atoms with E-state index in [0.717, 1.165) is 5.56 Å². The fourth-order valence-electron chi connectivity index (χ4n) is 1.99. The zero-order chi connectivity index (χ0) is 15.0. The van der Waals surface area contributed by atoms with Crippen LogP contribution in [-0.4, -0.2) is 23.2 Å². The molecule has 2 amide bonds. The van der Waals surface area contributed by atoms with Crippen LogP contribution in [0.3, 0.4) is 0 Å². The van der Waals surface area contributed by atoms with Crippen LogP contribution < -0.4 is 10.6 Å². The first-order chi connectivity index (χ1) is 9.30. The van der Waals surface area contributed by atoms with Gasteiger partial charge < -0.3 is 10.6 Å². The van der Waals surface area contributed by atoms with Gasteiger partial charge in [0, 0.05) is 19.2 Å². The lowest BCUT2D eigenvalue weighted by Crippen LogP contribution is -2.32. The molecular weight excluding hydrogens is 299 g/mol. The molecule has 0 bridgehead atoms. The van der Waals surface area contributed by atoms with Crippen LogP contribution in [0.5, 0.6) is 0 Å². The van der Waals surface area contributed by atoms with Crippen molar-refractivity contribution in [2.24, 2.45) is 5.41 Å². The van der Waals surface area contributed by atoms with Crippen molar-refractivity contribution in [2.45, 2.75) is 24.2 Å². The second kappa shape index (κ2) is 5.26. The van der Waals surface area contributed by atoms with Gasteiger partial charge in [0.15, 0.2) is 0 Å². The molecule has 4 nitrogen and oxygen atoms in total. The summed E-state index contributed by atoms with van der Waals surface area (Å²) in [4.78, 5) is 23.6. The van der Waals surface area contributed by atoms with E-state index in [1.165, 1.54) is 0 Å². The predicted molar refractivity (Wildman–Crippen MR) is 78.8 cm³/mol. The summed E-state index contributed by atoms with van der Waals surface area (Å²) in [5, 5.41) is 5.36. The molecule has 1 aromatic carbocycles. The lowest BCUT2D eigenvalue weighted by Gasteiger charge is -2.13. The molecule has 0 heterocycles. The molecule has 0 radical (unpaired) electrons. The van der Waals surface area contributed by atoms with Crippen molar-refractivity contribution in [1.29, 1.82) is 0 Å². The summed E-state index contributed by atoms with van der Waals surface area (Å²) in [5.74, 6) is -0.333. The highest BCUT2D eigenvalue weighted by atomic mass is 35.5. The first kappa shape index (κ1) is 15.1. The number of hydrogen-bond acceptors (Lipinski definition) is 2. The molecule has 1 aliphatic carbocycles. The lowest BCUT2D eigenvalue weighted by atomic mass is 10.1. The monoisotopic (exact) mass is 314 g/mol. The minimum absolute atomic E-state index is 0.159. The van der Waals surface area contributed by atoms with Crippen LogP contribution in [0.1, 0.15) is 29.3 Å². The quantitative estimate of drug-likeness (QED) is 0.837. The van der Waals surface area contributed by atoms with Gasteiger partial charge in [-0.15, -0.1) is 23.2 Å². The number of nitrogens with one attached hydrogen (secondary N) is 2. The first-order valence-corrected chi connectivity index (χ1v) is 7.03. The molecule has 1 atom stereocenters. The summed E-state index contributed by atoms with van der Waals surface area (Å²) in [6, 6.07) is 7.08. The van der Waals surface area contributed by atoms with Crippen molar-refractivity contribution >= 4 is 35.0 Å². The van der Waals surface area contributed by atoms with E-state index >= 15 is 0 Å². The number of hydrogen-bond donors (Lipinski definition) is 2. The van der Waals surface area contributed by atoms with Crippen molar-refractivity contribution < 1.29 is 9.59 Å². The molecule has 0 aromatic heterocycles. The van der Waals surface area contributed by atoms with Crippen molar-refractivity contribution in [3.63, 3.8) is 0 Å². The topological polar surface area (TPSA) is 58.2 Å². The molecule has 6 heteroatoms. The normalized spacial score (nSPS) is 23.0. The van der Waals surface area contributed by atoms with Crippen molar-refractivity contribution in [1.82, 2.24) is 10.6 Å². The Morgan fingerprint density at radius 3 is 2.55 bits per heavy atom. The predicted octanol–water partition coefficient (Wildman–Crippen LogP) is 2.25. The molecule has 2 rings (SSSR count). The van der Waals surface area contributed by atoms with Crippen molar-refractivity contribution in [3.05, 3.63) is 35.4 Å². The average molecular weight is 315 g/mol. The van der Waals surface area contributed by atoms with Gasteiger partial charge >= 0.3 is 0 Å². The number of amides is 2. The van der Waals surface area contributed by atoms with Gasteiger partial charge in [-0.2, -0.15) is 0 Å². The van der Waals surface area contributed by atoms with E-state index < -0.39 is 9.75 Å². The molecular formula is C14H16Cl2N2O2. The maximum Gasteiger partial charge on any atom is 0.251 e. The minimum Gasteiger partial charge on any atom is -0.355 e. The maximum absolute atomic E-state index is 12.0. The molecule has 2 N–H and O–H groups in total. The third kappa shape index (κ3) is 2.76. The highest BCUT2D eigenvalue weighted by Crippen LogP contribution is 2.63. The standard InChI is InChI=1S/C14H16Cl2N2O2/c1-13(8-14(13,15)16)12(20)18-7-9-4-3-5-10(6-9)11(19)17-2/h3-6H,7-8H2,1-2H3,(H,17,19)(H,18,20). The summed E-state index contributed by atoms with van der Waals surface area (Å²) in [6.07, 6.45) is 0.452. The highest BCUT2D eigenvalue weighted by Gasteiger charge is 2.67. The smallest absolute Gasteiger partial charge is 0.251 e. The van der Waals surface area contributed by atoms with Gasteiger partial charge in [0.2, 0.25) is 5.91 Å². The Morgan fingerprint density at radius 1 is 1.35 bits per heavy atom. The fourth-order valence-corrected chi connectivity index (χ4v) is 2.70. The van der Waals surface area contributed by atoms with Gasteiger partial charge in [-0.25, -0.2) is 0 Å². The van der Waals surface area contributed by atoms with Crippen LogP contribution in [-0.2, 0) is 11.3 Å². The number of carbonyl (C=O) groups is 2. The molecule has 0 spiro atoms. The van der Waals surface area contributed by atoms with Gasteiger partial charge in [-0.05, 0) is 31.0 Å². The molecule has 108 valence electrons. The molecule has 1 aromatic rings. The number of rotatable bonds is 4. The zero-order valence-corrected chi connectivity index (χ0v) is 12.8. The van der Waals surface area contributed by atoms with E-state index in [0.29, 0.717) is 18.5 Å². The molecule has 1 aliphatic rings. The molecule has 0 saturated heterocycles. The second-order valence-corrected chi connectivity index (χ2v) is 6.66. The summed E-state index contributed by atoms with van der Waals surface area (Å²) in [6.45, 7) is 2.08. The van der Waals surface area contributed by atoms with Crippen LogP contribution >= 0.6 is 23.2 Å². The van der Waals surface area contributed by atoms with Crippen LogP contribution in [0.4, 0.5) is 0 Å². The lowest BCUT2D eigenvalue weighted by molar-refractivity contribution is -0.125. The van der Waals surface area contributed by atoms with Gasteiger partial charge in [0.1, 0.15) is 4.33 Å². The Morgan fingerprint density at radius 2 is 2.00 bits per heavy atom. The van der Waals surface area contributed by atoms with E-state index in [1.54, 1.807) is 32.2 Å². The first-order valence-electron chi connectivity index (χ1n) is 6.27. The van der Waals surface area contributed by atoms with E-state index in [4.69, 9.17) is 23.2 Å². The number of benzene rings is 1. The largest absolute Gasteiger partial charge is 0.355 e. The molecule has 1 saturated carbocycles. The fraction of sp³-hybridized carbons (Fsp3) is 0.429. The molecule has 20 heavy (non-hydrogen) atoms. The Kier molecular flexibility index (Phi) is 3.98. The number of halogens is 2. The summed E-state index contributed by atoms with van der Waals surface area (Å²) >= 11 is 11.9. The molecule has 1 fully saturated rings. The zero-order valence-electron chi connectivity index (χ0n) is 11.3. The summed E-state index contributed by atoms with van der Waals surface area (Å²) in [7, 11) is 1.57. The van der Waals surface area contributed by atoms with Crippen LogP contribution in [0, 0.1) is 5.41 Å². The average Bonchev–Trinajstić information content (AvgIpc) is 2.95. The third-order valence-corrected chi connectivity index (χ3v) is 4.73.